The Morgan fingerprint density at radius 1 is 1.14 bits per heavy atom. The molecule has 0 heterocycles. The predicted octanol–water partition coefficient (Wildman–Crippen LogP) is 2.68. The highest BCUT2D eigenvalue weighted by molar-refractivity contribution is 5.84. The maximum atomic E-state index is 12.5. The first-order valence-corrected chi connectivity index (χ1v) is 7.54. The highest BCUT2D eigenvalue weighted by Crippen LogP contribution is 2.09. The number of carbonyl (C=O) groups excluding carboxylic acids is 2. The third kappa shape index (κ3) is 5.58. The van der Waals surface area contributed by atoms with Gasteiger partial charge in [-0.15, -0.1) is 0 Å². The molecule has 0 saturated carbocycles. The van der Waals surface area contributed by atoms with E-state index in [9.17, 15) is 9.59 Å². The molecule has 4 heteroatoms. The lowest BCUT2D eigenvalue weighted by atomic mass is 10.2. The van der Waals surface area contributed by atoms with Crippen molar-refractivity contribution in [2.24, 2.45) is 0 Å². The number of rotatable bonds is 7. The van der Waals surface area contributed by atoms with Gasteiger partial charge in [0.15, 0.2) is 0 Å². The zero-order valence-electron chi connectivity index (χ0n) is 13.5. The highest BCUT2D eigenvalue weighted by Gasteiger charge is 2.21. The van der Waals surface area contributed by atoms with Crippen LogP contribution in [0.15, 0.2) is 30.3 Å². The van der Waals surface area contributed by atoms with E-state index >= 15 is 0 Å². The van der Waals surface area contributed by atoms with Crippen LogP contribution >= 0.6 is 0 Å². The maximum Gasteiger partial charge on any atom is 0.242 e. The van der Waals surface area contributed by atoms with Crippen molar-refractivity contribution in [2.75, 3.05) is 13.1 Å². The van der Waals surface area contributed by atoms with Crippen LogP contribution in [0.5, 0.6) is 0 Å². The van der Waals surface area contributed by atoms with Crippen molar-refractivity contribution in [3.05, 3.63) is 35.9 Å². The normalized spacial score (nSPS) is 10.5. The molecular formula is C17H26N2O2. The molecule has 0 aromatic heterocycles. The maximum absolute atomic E-state index is 12.5. The van der Waals surface area contributed by atoms with Gasteiger partial charge in [-0.3, -0.25) is 9.59 Å². The van der Waals surface area contributed by atoms with Gasteiger partial charge in [0.2, 0.25) is 11.8 Å². The third-order valence-electron chi connectivity index (χ3n) is 3.40. The van der Waals surface area contributed by atoms with Gasteiger partial charge in [0.1, 0.15) is 0 Å². The number of carbonyl (C=O) groups is 2. The number of hydrogen-bond acceptors (Lipinski definition) is 2. The summed E-state index contributed by atoms with van der Waals surface area (Å²) < 4.78 is 0. The molecule has 1 rings (SSSR count). The smallest absolute Gasteiger partial charge is 0.242 e. The van der Waals surface area contributed by atoms with E-state index in [4.69, 9.17) is 0 Å². The van der Waals surface area contributed by atoms with E-state index in [1.165, 1.54) is 6.92 Å². The van der Waals surface area contributed by atoms with Gasteiger partial charge in [-0.05, 0) is 25.8 Å². The molecule has 0 saturated heterocycles. The summed E-state index contributed by atoms with van der Waals surface area (Å²) in [6.07, 6.45) is 0.854. The van der Waals surface area contributed by atoms with Crippen molar-refractivity contribution in [1.29, 1.82) is 0 Å². The number of benzene rings is 1. The van der Waals surface area contributed by atoms with Crippen molar-refractivity contribution in [3.8, 4) is 0 Å². The third-order valence-corrected chi connectivity index (χ3v) is 3.40. The van der Waals surface area contributed by atoms with Gasteiger partial charge in [-0.25, -0.2) is 0 Å². The second kappa shape index (κ2) is 8.45. The molecule has 1 aromatic rings. The molecule has 1 aromatic carbocycles. The molecule has 0 atom stereocenters. The Morgan fingerprint density at radius 2 is 1.76 bits per heavy atom. The topological polar surface area (TPSA) is 40.6 Å². The first-order valence-electron chi connectivity index (χ1n) is 7.54. The molecule has 4 nitrogen and oxygen atoms in total. The Balaban J connectivity index is 2.75. The number of hydrogen-bond donors (Lipinski definition) is 0. The lowest BCUT2D eigenvalue weighted by Gasteiger charge is -2.30. The Hall–Kier alpha value is -1.84. The molecule has 0 spiro atoms. The minimum atomic E-state index is -0.0476. The summed E-state index contributed by atoms with van der Waals surface area (Å²) in [5.41, 5.74) is 1.10. The fourth-order valence-electron chi connectivity index (χ4n) is 2.21. The minimum Gasteiger partial charge on any atom is -0.334 e. The van der Waals surface area contributed by atoms with Crippen LogP contribution in [0.3, 0.4) is 0 Å². The van der Waals surface area contributed by atoms with Crippen LogP contribution in [0.2, 0.25) is 0 Å². The average molecular weight is 290 g/mol. The summed E-state index contributed by atoms with van der Waals surface area (Å²) in [6.45, 7) is 8.88. The van der Waals surface area contributed by atoms with Crippen LogP contribution < -0.4 is 0 Å². The van der Waals surface area contributed by atoms with Crippen molar-refractivity contribution in [3.63, 3.8) is 0 Å². The van der Waals surface area contributed by atoms with E-state index in [1.807, 2.05) is 56.0 Å². The van der Waals surface area contributed by atoms with E-state index < -0.39 is 0 Å². The van der Waals surface area contributed by atoms with Gasteiger partial charge in [0.25, 0.3) is 0 Å². The summed E-state index contributed by atoms with van der Waals surface area (Å²) >= 11 is 0. The zero-order chi connectivity index (χ0) is 15.8. The standard InChI is InChI=1S/C17H26N2O2/c1-5-11-18(15(4)20)13-17(21)19(14(2)3)12-16-9-7-6-8-10-16/h6-10,14H,5,11-13H2,1-4H3. The summed E-state index contributed by atoms with van der Waals surface area (Å²) in [4.78, 5) is 27.5. The van der Waals surface area contributed by atoms with Crippen LogP contribution in [0, 0.1) is 0 Å². The van der Waals surface area contributed by atoms with Gasteiger partial charge >= 0.3 is 0 Å². The molecule has 0 aliphatic heterocycles. The quantitative estimate of drug-likeness (QED) is 0.774. The van der Waals surface area contributed by atoms with Gasteiger partial charge in [0.05, 0.1) is 6.54 Å². The van der Waals surface area contributed by atoms with Crippen LogP contribution in [-0.4, -0.2) is 40.7 Å². The SMILES string of the molecule is CCCN(CC(=O)N(Cc1ccccc1)C(C)C)C(C)=O. The monoisotopic (exact) mass is 290 g/mol. The molecule has 0 bridgehead atoms. The van der Waals surface area contributed by atoms with Crippen LogP contribution in [-0.2, 0) is 16.1 Å². The summed E-state index contributed by atoms with van der Waals surface area (Å²) in [5, 5.41) is 0. The summed E-state index contributed by atoms with van der Waals surface area (Å²) in [5.74, 6) is -0.0499. The first-order chi connectivity index (χ1) is 9.95. The molecule has 0 aliphatic carbocycles. The van der Waals surface area contributed by atoms with E-state index in [1.54, 1.807) is 4.90 Å². The van der Waals surface area contributed by atoms with Gasteiger partial charge < -0.3 is 9.80 Å². The molecule has 0 N–H and O–H groups in total. The fourth-order valence-corrected chi connectivity index (χ4v) is 2.21. The van der Waals surface area contributed by atoms with Crippen LogP contribution in [0.1, 0.15) is 39.7 Å². The van der Waals surface area contributed by atoms with Crippen molar-refractivity contribution in [1.82, 2.24) is 9.80 Å². The second-order valence-corrected chi connectivity index (χ2v) is 5.54. The Labute approximate surface area is 127 Å². The van der Waals surface area contributed by atoms with E-state index in [-0.39, 0.29) is 24.4 Å². The summed E-state index contributed by atoms with van der Waals surface area (Å²) in [6, 6.07) is 10.0. The predicted molar refractivity (Wildman–Crippen MR) is 84.7 cm³/mol. The Bertz CT molecular complexity index is 457. The Morgan fingerprint density at radius 3 is 2.24 bits per heavy atom. The van der Waals surface area contributed by atoms with E-state index in [2.05, 4.69) is 0 Å². The van der Waals surface area contributed by atoms with Crippen molar-refractivity contribution in [2.45, 2.75) is 46.7 Å². The van der Waals surface area contributed by atoms with E-state index in [0.717, 1.165) is 12.0 Å². The molecule has 0 radical (unpaired) electrons. The largest absolute Gasteiger partial charge is 0.334 e. The minimum absolute atomic E-state index is 0.00231. The van der Waals surface area contributed by atoms with Crippen molar-refractivity contribution < 1.29 is 9.59 Å². The molecule has 0 fully saturated rings. The second-order valence-electron chi connectivity index (χ2n) is 5.54. The highest BCUT2D eigenvalue weighted by atomic mass is 16.2. The van der Waals surface area contributed by atoms with E-state index in [0.29, 0.717) is 13.1 Å². The zero-order valence-corrected chi connectivity index (χ0v) is 13.5. The first kappa shape index (κ1) is 17.2. The number of amides is 2. The molecule has 2 amide bonds. The van der Waals surface area contributed by atoms with Gasteiger partial charge in [0, 0.05) is 26.1 Å². The average Bonchev–Trinajstić information content (AvgIpc) is 2.44. The van der Waals surface area contributed by atoms with Crippen LogP contribution in [0.4, 0.5) is 0 Å². The van der Waals surface area contributed by atoms with Crippen LogP contribution in [0.25, 0.3) is 0 Å². The van der Waals surface area contributed by atoms with Gasteiger partial charge in [-0.1, -0.05) is 37.3 Å². The number of nitrogens with zero attached hydrogens (tertiary/aromatic N) is 2. The molecular weight excluding hydrogens is 264 g/mol. The molecule has 116 valence electrons. The lowest BCUT2D eigenvalue weighted by molar-refractivity contribution is -0.141. The van der Waals surface area contributed by atoms with Crippen molar-refractivity contribution >= 4 is 11.8 Å². The molecule has 0 unspecified atom stereocenters. The fraction of sp³-hybridized carbons (Fsp3) is 0.529. The van der Waals surface area contributed by atoms with Gasteiger partial charge in [-0.2, -0.15) is 0 Å². The molecule has 0 aliphatic rings. The summed E-state index contributed by atoms with van der Waals surface area (Å²) in [7, 11) is 0. The molecule has 21 heavy (non-hydrogen) atoms. The lowest BCUT2D eigenvalue weighted by Crippen LogP contribution is -2.44. The Kier molecular flexibility index (Phi) is 6.92.